The molecule has 0 aliphatic heterocycles. The van der Waals surface area contributed by atoms with Gasteiger partial charge in [0.2, 0.25) is 0 Å². The summed E-state index contributed by atoms with van der Waals surface area (Å²) in [5, 5.41) is 0. The van der Waals surface area contributed by atoms with E-state index in [1.54, 1.807) is 0 Å². The Bertz CT molecular complexity index is 914. The summed E-state index contributed by atoms with van der Waals surface area (Å²) in [6.45, 7) is 5.49. The van der Waals surface area contributed by atoms with E-state index in [0.717, 1.165) is 32.1 Å². The van der Waals surface area contributed by atoms with E-state index in [1.807, 2.05) is 21.1 Å². The minimum atomic E-state index is -4.52. The Morgan fingerprint density at radius 3 is 1.12 bits per heavy atom. The average molecular weight is 860 g/mol. The van der Waals surface area contributed by atoms with E-state index in [-0.39, 0.29) is 25.8 Å². The van der Waals surface area contributed by atoms with Crippen molar-refractivity contribution in [3.8, 4) is 0 Å². The Morgan fingerprint density at radius 1 is 0.458 bits per heavy atom. The molecular weight excluding hydrogens is 758 g/mol. The first-order valence-corrected chi connectivity index (χ1v) is 27.2. The van der Waals surface area contributed by atoms with Crippen LogP contribution in [0.15, 0.2) is 0 Å². The summed E-state index contributed by atoms with van der Waals surface area (Å²) in [6, 6.07) is 0. The molecule has 8 nitrogen and oxygen atoms in total. The lowest BCUT2D eigenvalue weighted by Crippen LogP contribution is -2.37. The molecule has 0 aliphatic carbocycles. The maximum absolute atomic E-state index is 12.7. The second kappa shape index (κ2) is 44.1. The molecule has 0 heterocycles. The van der Waals surface area contributed by atoms with Gasteiger partial charge in [-0.3, -0.25) is 9.36 Å². The molecule has 0 bridgehead atoms. The van der Waals surface area contributed by atoms with Crippen molar-refractivity contribution in [2.45, 2.75) is 264 Å². The van der Waals surface area contributed by atoms with Gasteiger partial charge in [-0.2, -0.15) is 0 Å². The number of unbranched alkanes of at least 4 members (excludes halogenated alkanes) is 35. The summed E-state index contributed by atoms with van der Waals surface area (Å²) in [5.41, 5.74) is 0. The van der Waals surface area contributed by atoms with E-state index in [1.165, 1.54) is 205 Å². The largest absolute Gasteiger partial charge is 0.756 e. The highest BCUT2D eigenvalue weighted by atomic mass is 31.2. The fourth-order valence-electron chi connectivity index (χ4n) is 7.67. The minimum Gasteiger partial charge on any atom is -0.756 e. The predicted molar refractivity (Wildman–Crippen MR) is 250 cm³/mol. The van der Waals surface area contributed by atoms with Gasteiger partial charge in [0.1, 0.15) is 19.3 Å². The molecule has 0 amide bonds. The number of hydrogen-bond donors (Lipinski definition) is 0. The van der Waals surface area contributed by atoms with Crippen molar-refractivity contribution in [1.29, 1.82) is 0 Å². The first kappa shape index (κ1) is 58.5. The third kappa shape index (κ3) is 48.4. The highest BCUT2D eigenvalue weighted by Crippen LogP contribution is 2.38. The van der Waals surface area contributed by atoms with Crippen LogP contribution in [-0.4, -0.2) is 70.7 Å². The van der Waals surface area contributed by atoms with Gasteiger partial charge in [0.05, 0.1) is 34.4 Å². The Hall–Kier alpha value is -0.500. The number of ether oxygens (including phenoxy) is 2. The maximum Gasteiger partial charge on any atom is 0.306 e. The molecule has 0 spiro atoms. The Balaban J connectivity index is 4.01. The average Bonchev–Trinajstić information content (AvgIpc) is 3.19. The topological polar surface area (TPSA) is 94.1 Å². The van der Waals surface area contributed by atoms with Crippen molar-refractivity contribution >= 4 is 13.8 Å². The van der Waals surface area contributed by atoms with Crippen LogP contribution in [0.3, 0.4) is 0 Å². The number of quaternary nitrogens is 1. The van der Waals surface area contributed by atoms with Crippen LogP contribution in [0.4, 0.5) is 0 Å². The first-order chi connectivity index (χ1) is 28.6. The second-order valence-corrected chi connectivity index (χ2v) is 20.3. The summed E-state index contributed by atoms with van der Waals surface area (Å²) in [7, 11) is 1.38. The molecule has 0 fully saturated rings. The number of likely N-dealkylation sites (N-methyl/N-ethyl adjacent to an activating group) is 1. The molecule has 9 heteroatoms. The number of carbonyl (C=O) groups is 1. The SMILES string of the molecule is CCCCCCCCCCCCCCCCCCCCCCCCCCC(=O)OC(COCCCCCCCCCCCCCCC)COP(=O)([O-])OCC[N+](C)(C)C. The molecule has 0 aromatic carbocycles. The molecule has 0 aromatic heterocycles. The molecule has 0 rings (SSSR count). The standard InChI is InChI=1S/C50H102NO7P/c1-6-8-10-12-14-16-18-20-21-22-23-24-25-26-27-28-29-30-31-33-35-37-39-41-43-50(52)58-49(48-57-59(53,54)56-46-44-51(3,4)5)47-55-45-42-40-38-36-34-32-19-17-15-13-11-9-7-2/h49H,6-48H2,1-5H3. The summed E-state index contributed by atoms with van der Waals surface area (Å²) in [6.07, 6.45) is 48.4. The van der Waals surface area contributed by atoms with Gasteiger partial charge in [0.15, 0.2) is 0 Å². The third-order valence-corrected chi connectivity index (χ3v) is 12.6. The zero-order valence-electron chi connectivity index (χ0n) is 40.2. The first-order valence-electron chi connectivity index (χ1n) is 25.8. The van der Waals surface area contributed by atoms with Crippen molar-refractivity contribution in [3.05, 3.63) is 0 Å². The van der Waals surface area contributed by atoms with Crippen LogP contribution in [0.2, 0.25) is 0 Å². The lowest BCUT2D eigenvalue weighted by molar-refractivity contribution is -0.870. The Labute approximate surface area is 368 Å². The maximum atomic E-state index is 12.7. The smallest absolute Gasteiger partial charge is 0.306 e. The summed E-state index contributed by atoms with van der Waals surface area (Å²) < 4.78 is 34.7. The van der Waals surface area contributed by atoms with E-state index in [2.05, 4.69) is 13.8 Å². The molecule has 2 atom stereocenters. The normalized spacial score (nSPS) is 13.5. The van der Waals surface area contributed by atoms with Gasteiger partial charge in [-0.25, -0.2) is 0 Å². The lowest BCUT2D eigenvalue weighted by atomic mass is 10.0. The van der Waals surface area contributed by atoms with Crippen LogP contribution in [0.25, 0.3) is 0 Å². The number of hydrogen-bond acceptors (Lipinski definition) is 7. The second-order valence-electron chi connectivity index (χ2n) is 18.9. The van der Waals surface area contributed by atoms with E-state index >= 15 is 0 Å². The van der Waals surface area contributed by atoms with Crippen molar-refractivity contribution in [2.75, 3.05) is 54.1 Å². The molecule has 0 radical (unpaired) electrons. The fourth-order valence-corrected chi connectivity index (χ4v) is 8.40. The molecule has 0 N–H and O–H groups in total. The van der Waals surface area contributed by atoms with Gasteiger partial charge in [0, 0.05) is 13.0 Å². The predicted octanol–water partition coefficient (Wildman–Crippen LogP) is 15.0. The van der Waals surface area contributed by atoms with Crippen LogP contribution in [0.5, 0.6) is 0 Å². The minimum absolute atomic E-state index is 0.0316. The number of rotatable bonds is 49. The zero-order chi connectivity index (χ0) is 43.4. The number of carbonyl (C=O) groups excluding carboxylic acids is 1. The van der Waals surface area contributed by atoms with Crippen LogP contribution in [-0.2, 0) is 27.9 Å². The number of phosphoric acid groups is 1. The molecule has 2 unspecified atom stereocenters. The van der Waals surface area contributed by atoms with Gasteiger partial charge in [-0.15, -0.1) is 0 Å². The molecular formula is C50H102NO7P. The summed E-state index contributed by atoms with van der Waals surface area (Å²) in [4.78, 5) is 25.1. The lowest BCUT2D eigenvalue weighted by Gasteiger charge is -2.28. The monoisotopic (exact) mass is 860 g/mol. The van der Waals surface area contributed by atoms with Gasteiger partial charge >= 0.3 is 5.97 Å². The van der Waals surface area contributed by atoms with Crippen LogP contribution in [0.1, 0.15) is 258 Å². The van der Waals surface area contributed by atoms with Crippen molar-refractivity contribution in [1.82, 2.24) is 0 Å². The number of phosphoric ester groups is 1. The van der Waals surface area contributed by atoms with E-state index in [4.69, 9.17) is 18.5 Å². The van der Waals surface area contributed by atoms with E-state index in [9.17, 15) is 14.3 Å². The van der Waals surface area contributed by atoms with Crippen LogP contribution in [0, 0.1) is 0 Å². The van der Waals surface area contributed by atoms with Crippen LogP contribution < -0.4 is 4.89 Å². The highest BCUT2D eigenvalue weighted by molar-refractivity contribution is 7.45. The third-order valence-electron chi connectivity index (χ3n) is 11.7. The molecule has 0 saturated heterocycles. The quantitative estimate of drug-likeness (QED) is 0.0260. The fraction of sp³-hybridized carbons (Fsp3) is 0.980. The highest BCUT2D eigenvalue weighted by Gasteiger charge is 2.20. The summed E-state index contributed by atoms with van der Waals surface area (Å²) in [5.74, 6) is -0.325. The molecule has 0 aliphatic rings. The number of nitrogens with zero attached hydrogens (tertiary/aromatic N) is 1. The van der Waals surface area contributed by atoms with E-state index in [0.29, 0.717) is 24.1 Å². The van der Waals surface area contributed by atoms with Crippen molar-refractivity contribution in [2.24, 2.45) is 0 Å². The van der Waals surface area contributed by atoms with Gasteiger partial charge in [0.25, 0.3) is 7.82 Å². The van der Waals surface area contributed by atoms with Crippen molar-refractivity contribution in [3.63, 3.8) is 0 Å². The van der Waals surface area contributed by atoms with Gasteiger partial charge in [-0.05, 0) is 12.8 Å². The van der Waals surface area contributed by atoms with Gasteiger partial charge < -0.3 is 27.9 Å². The van der Waals surface area contributed by atoms with E-state index < -0.39 is 13.9 Å². The molecule has 0 aromatic rings. The Kier molecular flexibility index (Phi) is 43.7. The summed E-state index contributed by atoms with van der Waals surface area (Å²) >= 11 is 0. The Morgan fingerprint density at radius 2 is 0.780 bits per heavy atom. The zero-order valence-corrected chi connectivity index (χ0v) is 41.1. The molecule has 354 valence electrons. The van der Waals surface area contributed by atoms with Gasteiger partial charge in [-0.1, -0.05) is 239 Å². The molecule has 0 saturated carbocycles. The van der Waals surface area contributed by atoms with Crippen molar-refractivity contribution < 1.29 is 37.3 Å². The van der Waals surface area contributed by atoms with Crippen LogP contribution >= 0.6 is 7.82 Å². The number of esters is 1. The molecule has 59 heavy (non-hydrogen) atoms.